The Kier molecular flexibility index (Phi) is 6.75. The van der Waals surface area contributed by atoms with Crippen LogP contribution in [0, 0.1) is 0 Å². The number of benzene rings is 2. The molecule has 2 amide bonds. The van der Waals surface area contributed by atoms with Crippen molar-refractivity contribution in [3.8, 4) is 11.5 Å². The Morgan fingerprint density at radius 1 is 1.10 bits per heavy atom. The molecule has 6 nitrogen and oxygen atoms in total. The predicted molar refractivity (Wildman–Crippen MR) is 111 cm³/mol. The largest absolute Gasteiger partial charge is 0.493 e. The van der Waals surface area contributed by atoms with Crippen molar-refractivity contribution in [3.63, 3.8) is 0 Å². The lowest BCUT2D eigenvalue weighted by atomic mass is 10.1. The fraction of sp³-hybridized carbons (Fsp3) is 0.391. The first-order valence-corrected chi connectivity index (χ1v) is 9.94. The van der Waals surface area contributed by atoms with Crippen LogP contribution in [0.25, 0.3) is 0 Å². The molecule has 0 atom stereocenters. The maximum Gasteiger partial charge on any atom is 0.251 e. The maximum atomic E-state index is 12.5. The van der Waals surface area contributed by atoms with Crippen molar-refractivity contribution in [2.75, 3.05) is 13.7 Å². The van der Waals surface area contributed by atoms with E-state index >= 15 is 0 Å². The normalized spacial score (nSPS) is 13.7. The number of rotatable bonds is 8. The molecule has 1 saturated heterocycles. The van der Waals surface area contributed by atoms with Gasteiger partial charge >= 0.3 is 0 Å². The van der Waals surface area contributed by atoms with Crippen LogP contribution in [0.2, 0.25) is 0 Å². The minimum atomic E-state index is -0.143. The van der Waals surface area contributed by atoms with Gasteiger partial charge in [-0.1, -0.05) is 18.2 Å². The average Bonchev–Trinajstić information content (AvgIpc) is 3.11. The van der Waals surface area contributed by atoms with Crippen LogP contribution in [0.1, 0.15) is 48.2 Å². The van der Waals surface area contributed by atoms with Crippen LogP contribution in [0.15, 0.2) is 42.5 Å². The number of nitrogens with zero attached hydrogens (tertiary/aromatic N) is 1. The summed E-state index contributed by atoms with van der Waals surface area (Å²) >= 11 is 0. The van der Waals surface area contributed by atoms with E-state index in [1.54, 1.807) is 19.2 Å². The molecule has 0 aromatic heterocycles. The van der Waals surface area contributed by atoms with Crippen LogP contribution >= 0.6 is 0 Å². The van der Waals surface area contributed by atoms with Crippen LogP contribution < -0.4 is 14.8 Å². The first kappa shape index (κ1) is 20.7. The Bertz CT molecular complexity index is 862. The molecule has 3 rings (SSSR count). The molecule has 154 valence electrons. The monoisotopic (exact) mass is 396 g/mol. The number of hydrogen-bond donors (Lipinski definition) is 1. The Morgan fingerprint density at radius 2 is 1.83 bits per heavy atom. The van der Waals surface area contributed by atoms with E-state index in [0.717, 1.165) is 24.1 Å². The topological polar surface area (TPSA) is 67.9 Å². The third-order valence-corrected chi connectivity index (χ3v) is 4.80. The van der Waals surface area contributed by atoms with Crippen LogP contribution in [0.4, 0.5) is 0 Å². The summed E-state index contributed by atoms with van der Waals surface area (Å²) in [4.78, 5) is 26.1. The van der Waals surface area contributed by atoms with Crippen molar-refractivity contribution >= 4 is 11.8 Å². The second-order valence-corrected chi connectivity index (χ2v) is 7.45. The van der Waals surface area contributed by atoms with Gasteiger partial charge in [0.05, 0.1) is 13.2 Å². The Balaban J connectivity index is 1.57. The molecule has 2 aromatic rings. The van der Waals surface area contributed by atoms with Gasteiger partial charge < -0.3 is 19.7 Å². The summed E-state index contributed by atoms with van der Waals surface area (Å²) in [6.45, 7) is 5.72. The van der Waals surface area contributed by atoms with E-state index in [4.69, 9.17) is 9.47 Å². The van der Waals surface area contributed by atoms with Gasteiger partial charge in [0.2, 0.25) is 5.91 Å². The van der Waals surface area contributed by atoms with Crippen molar-refractivity contribution in [2.24, 2.45) is 0 Å². The van der Waals surface area contributed by atoms with Crippen molar-refractivity contribution in [1.82, 2.24) is 10.2 Å². The smallest absolute Gasteiger partial charge is 0.251 e. The fourth-order valence-corrected chi connectivity index (χ4v) is 3.31. The van der Waals surface area contributed by atoms with Crippen LogP contribution in [-0.4, -0.2) is 36.5 Å². The lowest BCUT2D eigenvalue weighted by molar-refractivity contribution is -0.128. The third-order valence-electron chi connectivity index (χ3n) is 4.80. The van der Waals surface area contributed by atoms with E-state index in [1.807, 2.05) is 49.1 Å². The predicted octanol–water partition coefficient (Wildman–Crippen LogP) is 3.53. The minimum absolute atomic E-state index is 0.0565. The molecule has 1 fully saturated rings. The molecular formula is C23H28N2O4. The van der Waals surface area contributed by atoms with E-state index in [1.165, 1.54) is 0 Å². The van der Waals surface area contributed by atoms with E-state index in [9.17, 15) is 9.59 Å². The van der Waals surface area contributed by atoms with Crippen LogP contribution in [0.3, 0.4) is 0 Å². The van der Waals surface area contributed by atoms with E-state index < -0.39 is 0 Å². The van der Waals surface area contributed by atoms with E-state index in [-0.39, 0.29) is 17.9 Å². The molecule has 0 spiro atoms. The molecule has 0 unspecified atom stereocenters. The van der Waals surface area contributed by atoms with Crippen molar-refractivity contribution in [2.45, 2.75) is 45.9 Å². The number of hydrogen-bond acceptors (Lipinski definition) is 4. The van der Waals surface area contributed by atoms with Crippen molar-refractivity contribution in [1.29, 1.82) is 0 Å². The molecule has 29 heavy (non-hydrogen) atoms. The average molecular weight is 396 g/mol. The van der Waals surface area contributed by atoms with Crippen LogP contribution in [0.5, 0.6) is 11.5 Å². The highest BCUT2D eigenvalue weighted by atomic mass is 16.5. The second-order valence-electron chi connectivity index (χ2n) is 7.45. The number of likely N-dealkylation sites (tertiary alicyclic amines) is 1. The molecule has 1 aliphatic heterocycles. The first-order valence-electron chi connectivity index (χ1n) is 9.94. The molecule has 1 N–H and O–H groups in total. The van der Waals surface area contributed by atoms with Gasteiger partial charge in [0.25, 0.3) is 5.91 Å². The fourth-order valence-electron chi connectivity index (χ4n) is 3.31. The van der Waals surface area contributed by atoms with Gasteiger partial charge in [0.1, 0.15) is 0 Å². The van der Waals surface area contributed by atoms with E-state index in [0.29, 0.717) is 36.6 Å². The SMILES string of the molecule is COc1cc(CNC(=O)c2ccc(CN3CCCC3=O)cc2)ccc1OC(C)C. The zero-order chi connectivity index (χ0) is 20.8. The molecule has 0 aliphatic carbocycles. The number of carbonyl (C=O) groups excluding carboxylic acids is 2. The first-order chi connectivity index (χ1) is 14.0. The van der Waals surface area contributed by atoms with Gasteiger partial charge in [-0.05, 0) is 55.7 Å². The standard InChI is InChI=1S/C23H28N2O4/c1-16(2)29-20-11-8-18(13-21(20)28-3)14-24-23(27)19-9-6-17(7-10-19)15-25-12-4-5-22(25)26/h6-11,13,16H,4-5,12,14-15H2,1-3H3,(H,24,27). The summed E-state index contributed by atoms with van der Waals surface area (Å²) in [6, 6.07) is 13.0. The van der Waals surface area contributed by atoms with Crippen LogP contribution in [-0.2, 0) is 17.9 Å². The van der Waals surface area contributed by atoms with Gasteiger partial charge in [0.15, 0.2) is 11.5 Å². The minimum Gasteiger partial charge on any atom is -0.493 e. The molecule has 0 radical (unpaired) electrons. The van der Waals surface area contributed by atoms with Crippen molar-refractivity contribution < 1.29 is 19.1 Å². The maximum absolute atomic E-state index is 12.5. The molecular weight excluding hydrogens is 368 g/mol. The van der Waals surface area contributed by atoms with Gasteiger partial charge in [-0.15, -0.1) is 0 Å². The number of nitrogens with one attached hydrogen (secondary N) is 1. The summed E-state index contributed by atoms with van der Waals surface area (Å²) in [5.41, 5.74) is 2.55. The molecule has 2 aromatic carbocycles. The Morgan fingerprint density at radius 3 is 2.45 bits per heavy atom. The summed E-state index contributed by atoms with van der Waals surface area (Å²) < 4.78 is 11.1. The quantitative estimate of drug-likeness (QED) is 0.741. The summed E-state index contributed by atoms with van der Waals surface area (Å²) in [5.74, 6) is 1.39. The molecule has 1 heterocycles. The highest BCUT2D eigenvalue weighted by Gasteiger charge is 2.20. The zero-order valence-electron chi connectivity index (χ0n) is 17.2. The highest BCUT2D eigenvalue weighted by Crippen LogP contribution is 2.29. The van der Waals surface area contributed by atoms with Gasteiger partial charge in [-0.3, -0.25) is 9.59 Å². The molecule has 0 bridgehead atoms. The summed E-state index contributed by atoms with van der Waals surface area (Å²) in [7, 11) is 1.60. The lowest BCUT2D eigenvalue weighted by Crippen LogP contribution is -2.24. The summed E-state index contributed by atoms with van der Waals surface area (Å²) in [5, 5.41) is 2.93. The van der Waals surface area contributed by atoms with Gasteiger partial charge in [-0.25, -0.2) is 0 Å². The second kappa shape index (κ2) is 9.45. The number of ether oxygens (including phenoxy) is 2. The number of carbonyl (C=O) groups is 2. The highest BCUT2D eigenvalue weighted by molar-refractivity contribution is 5.94. The molecule has 1 aliphatic rings. The number of methoxy groups -OCH3 is 1. The van der Waals surface area contributed by atoms with E-state index in [2.05, 4.69) is 5.32 Å². The zero-order valence-corrected chi connectivity index (χ0v) is 17.2. The molecule has 6 heteroatoms. The lowest BCUT2D eigenvalue weighted by Gasteiger charge is -2.16. The number of amides is 2. The summed E-state index contributed by atoms with van der Waals surface area (Å²) in [6.07, 6.45) is 1.62. The van der Waals surface area contributed by atoms with Gasteiger partial charge in [-0.2, -0.15) is 0 Å². The Hall–Kier alpha value is -3.02. The Labute approximate surface area is 171 Å². The van der Waals surface area contributed by atoms with Gasteiger partial charge in [0, 0.05) is 31.6 Å². The third kappa shape index (κ3) is 5.50. The van der Waals surface area contributed by atoms with Crippen molar-refractivity contribution in [3.05, 3.63) is 59.2 Å². The molecule has 0 saturated carbocycles.